The molecule has 3 rings (SSSR count). The Morgan fingerprint density at radius 2 is 2.00 bits per heavy atom. The van der Waals surface area contributed by atoms with E-state index in [-0.39, 0.29) is 12.4 Å². The molecule has 1 N–H and O–H groups in total. The van der Waals surface area contributed by atoms with Gasteiger partial charge in [0, 0.05) is 7.05 Å². The summed E-state index contributed by atoms with van der Waals surface area (Å²) in [6.45, 7) is -0.00184. The van der Waals surface area contributed by atoms with Gasteiger partial charge < -0.3 is 9.84 Å². The third-order valence-corrected chi connectivity index (χ3v) is 6.00. The van der Waals surface area contributed by atoms with E-state index in [1.54, 1.807) is 30.3 Å². The molecule has 0 fully saturated rings. The summed E-state index contributed by atoms with van der Waals surface area (Å²) >= 11 is 1.48. The Morgan fingerprint density at radius 3 is 2.63 bits per heavy atom. The van der Waals surface area contributed by atoms with Crippen molar-refractivity contribution in [3.63, 3.8) is 0 Å². The number of sulfonamides is 1. The van der Waals surface area contributed by atoms with Crippen LogP contribution < -0.4 is 5.32 Å². The van der Waals surface area contributed by atoms with Crippen molar-refractivity contribution in [3.8, 4) is 10.7 Å². The number of thiophene rings is 1. The lowest BCUT2D eigenvalue weighted by Crippen LogP contribution is -2.41. The second kappa shape index (κ2) is 7.99. The highest BCUT2D eigenvalue weighted by Crippen LogP contribution is 2.23. The smallest absolute Gasteiger partial charge is 0.246 e. The molecule has 2 aromatic heterocycles. The summed E-state index contributed by atoms with van der Waals surface area (Å²) in [5.41, 5.74) is 0.563. The molecule has 8 nitrogen and oxygen atoms in total. The van der Waals surface area contributed by atoms with E-state index in [1.807, 2.05) is 17.5 Å². The molecular formula is C17H18N4O4S2. The molecule has 3 aromatic rings. The van der Waals surface area contributed by atoms with Crippen molar-refractivity contribution in [2.24, 2.45) is 0 Å². The minimum absolute atomic E-state index is 0.00184. The number of amides is 1. The molecule has 1 unspecified atom stereocenters. The molecule has 2 heterocycles. The summed E-state index contributed by atoms with van der Waals surface area (Å²) in [5, 5.41) is 8.45. The number of hydrogen-bond donors (Lipinski definition) is 1. The fourth-order valence-electron chi connectivity index (χ4n) is 2.45. The largest absolute Gasteiger partial charge is 0.345 e. The number of carbonyl (C=O) groups excluding carboxylic acids is 1. The first-order valence-corrected chi connectivity index (χ1v) is 10.7. The van der Waals surface area contributed by atoms with E-state index >= 15 is 0 Å². The van der Waals surface area contributed by atoms with Crippen molar-refractivity contribution in [1.82, 2.24) is 19.8 Å². The summed E-state index contributed by atoms with van der Waals surface area (Å²) in [4.78, 5) is 17.8. The van der Waals surface area contributed by atoms with E-state index < -0.39 is 22.0 Å². The Balaban J connectivity index is 1.75. The quantitative estimate of drug-likeness (QED) is 0.644. The fourth-order valence-corrected chi connectivity index (χ4v) is 3.69. The molecule has 1 amide bonds. The highest BCUT2D eigenvalue weighted by Gasteiger charge is 2.30. The van der Waals surface area contributed by atoms with Gasteiger partial charge in [0.15, 0.2) is 0 Å². The Hall–Kier alpha value is -2.56. The summed E-state index contributed by atoms with van der Waals surface area (Å²) in [5.74, 6) is 0.202. The summed E-state index contributed by atoms with van der Waals surface area (Å²) in [7, 11) is -2.21. The van der Waals surface area contributed by atoms with E-state index in [1.165, 1.54) is 18.4 Å². The number of benzene rings is 1. The average molecular weight is 406 g/mol. The molecule has 142 valence electrons. The van der Waals surface area contributed by atoms with Gasteiger partial charge in [-0.3, -0.25) is 4.79 Å². The maximum Gasteiger partial charge on any atom is 0.246 e. The zero-order chi connectivity index (χ0) is 19.4. The predicted octanol–water partition coefficient (Wildman–Crippen LogP) is 2.05. The molecule has 0 aliphatic heterocycles. The molecule has 10 heteroatoms. The van der Waals surface area contributed by atoms with E-state index in [0.717, 1.165) is 15.4 Å². The zero-order valence-corrected chi connectivity index (χ0v) is 16.3. The van der Waals surface area contributed by atoms with Gasteiger partial charge in [0.05, 0.1) is 17.7 Å². The Morgan fingerprint density at radius 1 is 1.26 bits per heavy atom. The third-order valence-electron chi connectivity index (χ3n) is 3.87. The van der Waals surface area contributed by atoms with Gasteiger partial charge in [0.1, 0.15) is 6.04 Å². The lowest BCUT2D eigenvalue weighted by Gasteiger charge is -2.25. The van der Waals surface area contributed by atoms with Crippen LogP contribution in [0.2, 0.25) is 0 Å². The topological polar surface area (TPSA) is 105 Å². The number of likely N-dealkylation sites (N-methyl/N-ethyl adjacent to an activating group) is 1. The molecule has 1 atom stereocenters. The van der Waals surface area contributed by atoms with Crippen molar-refractivity contribution in [3.05, 3.63) is 59.3 Å². The fraction of sp³-hybridized carbons (Fsp3) is 0.235. The Bertz CT molecular complexity index is 1000. The van der Waals surface area contributed by atoms with Gasteiger partial charge in [-0.1, -0.05) is 41.6 Å². The van der Waals surface area contributed by atoms with Gasteiger partial charge in [-0.2, -0.15) is 9.29 Å². The normalized spacial score (nSPS) is 12.9. The van der Waals surface area contributed by atoms with Crippen LogP contribution >= 0.6 is 11.3 Å². The highest BCUT2D eigenvalue weighted by atomic mass is 32.2. The molecule has 0 aliphatic carbocycles. The van der Waals surface area contributed by atoms with Crippen LogP contribution in [0.4, 0.5) is 0 Å². The van der Waals surface area contributed by atoms with Gasteiger partial charge in [0.2, 0.25) is 27.6 Å². The van der Waals surface area contributed by atoms with Crippen molar-refractivity contribution >= 4 is 27.3 Å². The first-order chi connectivity index (χ1) is 12.9. The monoisotopic (exact) mass is 406 g/mol. The number of hydrogen-bond acceptors (Lipinski definition) is 7. The van der Waals surface area contributed by atoms with E-state index in [9.17, 15) is 13.2 Å². The van der Waals surface area contributed by atoms with Gasteiger partial charge in [-0.15, -0.1) is 11.3 Å². The molecule has 0 bridgehead atoms. The van der Waals surface area contributed by atoms with Crippen molar-refractivity contribution in [2.45, 2.75) is 12.6 Å². The van der Waals surface area contributed by atoms with Crippen molar-refractivity contribution in [2.75, 3.05) is 13.3 Å². The Labute approximate surface area is 160 Å². The SMILES string of the molecule is CN(C(C(=O)NCc1nc(-c2cccs2)no1)c1ccccc1)S(C)(=O)=O. The number of aromatic nitrogens is 2. The van der Waals surface area contributed by atoms with E-state index in [4.69, 9.17) is 4.52 Å². The summed E-state index contributed by atoms with van der Waals surface area (Å²) in [6.07, 6.45) is 1.06. The van der Waals surface area contributed by atoms with Gasteiger partial charge in [0.25, 0.3) is 0 Å². The second-order valence-electron chi connectivity index (χ2n) is 5.80. The molecule has 1 aromatic carbocycles. The number of rotatable bonds is 7. The molecule has 0 aliphatic rings. The van der Waals surface area contributed by atoms with Crippen LogP contribution in [0.15, 0.2) is 52.4 Å². The summed E-state index contributed by atoms with van der Waals surface area (Å²) in [6, 6.07) is 11.4. The van der Waals surface area contributed by atoms with Gasteiger partial charge in [-0.25, -0.2) is 8.42 Å². The first-order valence-electron chi connectivity index (χ1n) is 7.98. The van der Waals surface area contributed by atoms with E-state index in [0.29, 0.717) is 11.4 Å². The van der Waals surface area contributed by atoms with Crippen LogP contribution in [0.3, 0.4) is 0 Å². The van der Waals surface area contributed by atoms with Crippen LogP contribution in [-0.4, -0.2) is 42.1 Å². The van der Waals surface area contributed by atoms with Gasteiger partial charge >= 0.3 is 0 Å². The van der Waals surface area contributed by atoms with Crippen molar-refractivity contribution < 1.29 is 17.7 Å². The lowest BCUT2D eigenvalue weighted by molar-refractivity contribution is -0.125. The second-order valence-corrected chi connectivity index (χ2v) is 8.79. The van der Waals surface area contributed by atoms with E-state index in [2.05, 4.69) is 15.5 Å². The minimum atomic E-state index is -3.58. The first kappa shape index (κ1) is 19.2. The van der Waals surface area contributed by atoms with Crippen molar-refractivity contribution in [1.29, 1.82) is 0 Å². The van der Waals surface area contributed by atoms with Gasteiger partial charge in [-0.05, 0) is 17.0 Å². The maximum absolute atomic E-state index is 12.7. The zero-order valence-electron chi connectivity index (χ0n) is 14.7. The minimum Gasteiger partial charge on any atom is -0.345 e. The predicted molar refractivity (Wildman–Crippen MR) is 101 cm³/mol. The number of nitrogens with zero attached hydrogens (tertiary/aromatic N) is 3. The average Bonchev–Trinajstić information content (AvgIpc) is 3.32. The van der Waals surface area contributed by atoms with Crippen LogP contribution in [0.1, 0.15) is 17.5 Å². The molecular weight excluding hydrogens is 388 g/mol. The summed E-state index contributed by atoms with van der Waals surface area (Å²) < 4.78 is 30.1. The number of nitrogens with one attached hydrogen (secondary N) is 1. The molecule has 0 radical (unpaired) electrons. The Kier molecular flexibility index (Phi) is 5.68. The third kappa shape index (κ3) is 4.59. The van der Waals surface area contributed by atoms with Crippen LogP contribution in [0.5, 0.6) is 0 Å². The van der Waals surface area contributed by atoms with Crippen LogP contribution in [0, 0.1) is 0 Å². The number of carbonyl (C=O) groups is 1. The van der Waals surface area contributed by atoms with Crippen LogP contribution in [0.25, 0.3) is 10.7 Å². The lowest BCUT2D eigenvalue weighted by atomic mass is 10.1. The molecule has 0 saturated heterocycles. The maximum atomic E-state index is 12.7. The standard InChI is InChI=1S/C17H18N4O4S2/c1-21(27(2,23)24)15(12-7-4-3-5-8-12)17(22)18-11-14-19-16(20-25-14)13-9-6-10-26-13/h3-10,15H,11H2,1-2H3,(H,18,22). The molecule has 0 spiro atoms. The molecule has 27 heavy (non-hydrogen) atoms. The highest BCUT2D eigenvalue weighted by molar-refractivity contribution is 7.88. The van der Waals surface area contributed by atoms with Crippen LogP contribution in [-0.2, 0) is 21.4 Å². The molecule has 0 saturated carbocycles.